The van der Waals surface area contributed by atoms with Crippen molar-refractivity contribution >= 4 is 5.97 Å². The third kappa shape index (κ3) is 5.75. The summed E-state index contributed by atoms with van der Waals surface area (Å²) in [5.41, 5.74) is 0. The van der Waals surface area contributed by atoms with Crippen LogP contribution in [0.3, 0.4) is 0 Å². The van der Waals surface area contributed by atoms with Gasteiger partial charge in [0, 0.05) is 6.42 Å². The first-order chi connectivity index (χ1) is 5.70. The Morgan fingerprint density at radius 3 is 2.83 bits per heavy atom. The van der Waals surface area contributed by atoms with E-state index in [1.807, 2.05) is 0 Å². The van der Waals surface area contributed by atoms with Crippen LogP contribution in [0.2, 0.25) is 0 Å². The zero-order valence-electron chi connectivity index (χ0n) is 7.46. The summed E-state index contributed by atoms with van der Waals surface area (Å²) >= 11 is 0. The maximum Gasteiger partial charge on any atom is 0.308 e. The van der Waals surface area contributed by atoms with Crippen molar-refractivity contribution in [3.05, 3.63) is 0 Å². The van der Waals surface area contributed by atoms with Gasteiger partial charge in [-0.15, -0.1) is 11.8 Å². The second kappa shape index (κ2) is 6.68. The van der Waals surface area contributed by atoms with Crippen LogP contribution in [0.5, 0.6) is 0 Å². The second-order valence-corrected chi connectivity index (χ2v) is 2.40. The zero-order chi connectivity index (χ0) is 9.40. The molecule has 0 aromatic rings. The first-order valence-corrected chi connectivity index (χ1v) is 3.85. The largest absolute Gasteiger partial charge is 0.469 e. The van der Waals surface area contributed by atoms with Gasteiger partial charge >= 0.3 is 5.97 Å². The highest BCUT2D eigenvalue weighted by molar-refractivity contribution is 5.69. The number of aliphatic hydroxyl groups is 1. The van der Waals surface area contributed by atoms with E-state index in [9.17, 15) is 9.90 Å². The fourth-order valence-electron chi connectivity index (χ4n) is 0.742. The number of ether oxygens (including phenoxy) is 1. The van der Waals surface area contributed by atoms with E-state index in [-0.39, 0.29) is 12.4 Å². The van der Waals surface area contributed by atoms with Crippen molar-refractivity contribution in [2.45, 2.75) is 32.3 Å². The minimum atomic E-state index is -0.627. The molecule has 0 aromatic carbocycles. The van der Waals surface area contributed by atoms with Gasteiger partial charge in [-0.3, -0.25) is 4.79 Å². The molecule has 0 aliphatic heterocycles. The number of aliphatic hydroxyl groups excluding tert-OH is 1. The van der Waals surface area contributed by atoms with Crippen molar-refractivity contribution in [3.63, 3.8) is 0 Å². The molecule has 3 nitrogen and oxygen atoms in total. The van der Waals surface area contributed by atoms with Crippen LogP contribution in [0.4, 0.5) is 0 Å². The van der Waals surface area contributed by atoms with E-state index in [2.05, 4.69) is 16.6 Å². The number of esters is 1. The van der Waals surface area contributed by atoms with Crippen molar-refractivity contribution < 1.29 is 14.6 Å². The molecular formula is C9H14O3. The van der Waals surface area contributed by atoms with Gasteiger partial charge in [0.25, 0.3) is 0 Å². The summed E-state index contributed by atoms with van der Waals surface area (Å²) in [6.45, 7) is 1.74. The first kappa shape index (κ1) is 11.0. The third-order valence-electron chi connectivity index (χ3n) is 1.41. The molecule has 0 rings (SSSR count). The average Bonchev–Trinajstić information content (AvgIpc) is 2.05. The molecule has 0 spiro atoms. The van der Waals surface area contributed by atoms with Gasteiger partial charge in [-0.2, -0.15) is 0 Å². The number of carbonyl (C=O) groups excluding carboxylic acids is 1. The molecule has 12 heavy (non-hydrogen) atoms. The zero-order valence-corrected chi connectivity index (χ0v) is 7.46. The molecule has 0 radical (unpaired) electrons. The normalized spacial score (nSPS) is 11.2. The Labute approximate surface area is 72.7 Å². The number of carbonyl (C=O) groups is 1. The lowest BCUT2D eigenvalue weighted by molar-refractivity contribution is -0.142. The minimum Gasteiger partial charge on any atom is -0.469 e. The van der Waals surface area contributed by atoms with Gasteiger partial charge in [0.1, 0.15) is 0 Å². The summed E-state index contributed by atoms with van der Waals surface area (Å²) in [6.07, 6.45) is 0.574. The Morgan fingerprint density at radius 2 is 2.33 bits per heavy atom. The Kier molecular flexibility index (Phi) is 6.12. The number of rotatable bonds is 4. The Bertz CT molecular complexity index is 188. The van der Waals surface area contributed by atoms with Crippen molar-refractivity contribution in [3.8, 4) is 11.8 Å². The van der Waals surface area contributed by atoms with E-state index < -0.39 is 6.10 Å². The molecular weight excluding hydrogens is 156 g/mol. The molecule has 68 valence electrons. The molecule has 0 fully saturated rings. The van der Waals surface area contributed by atoms with Crippen molar-refractivity contribution in [1.29, 1.82) is 0 Å². The molecule has 1 atom stereocenters. The fourth-order valence-corrected chi connectivity index (χ4v) is 0.742. The van der Waals surface area contributed by atoms with Crippen LogP contribution in [-0.2, 0) is 9.53 Å². The maximum absolute atomic E-state index is 10.6. The standard InChI is InChI=1S/C9H14O3/c1-3-4-5-6-8(10)7-9(11)12-2/h8,10H,5-7H2,1-2H3. The molecule has 1 N–H and O–H groups in total. The van der Waals surface area contributed by atoms with Crippen LogP contribution in [0.25, 0.3) is 0 Å². The Balaban J connectivity index is 3.49. The summed E-state index contributed by atoms with van der Waals surface area (Å²) in [5, 5.41) is 9.21. The molecule has 0 aromatic heterocycles. The average molecular weight is 170 g/mol. The van der Waals surface area contributed by atoms with Gasteiger partial charge in [0.05, 0.1) is 19.6 Å². The second-order valence-electron chi connectivity index (χ2n) is 2.40. The number of methoxy groups -OCH3 is 1. The van der Waals surface area contributed by atoms with Crippen molar-refractivity contribution in [2.75, 3.05) is 7.11 Å². The molecule has 0 heterocycles. The fraction of sp³-hybridized carbons (Fsp3) is 0.667. The van der Waals surface area contributed by atoms with E-state index in [0.29, 0.717) is 12.8 Å². The lowest BCUT2D eigenvalue weighted by Crippen LogP contribution is -2.14. The van der Waals surface area contributed by atoms with Gasteiger partial charge in [-0.25, -0.2) is 0 Å². The molecule has 3 heteroatoms. The highest BCUT2D eigenvalue weighted by Gasteiger charge is 2.09. The van der Waals surface area contributed by atoms with Gasteiger partial charge < -0.3 is 9.84 Å². The predicted octanol–water partition coefficient (Wildman–Crippen LogP) is 0.714. The summed E-state index contributed by atoms with van der Waals surface area (Å²) in [6, 6.07) is 0. The lowest BCUT2D eigenvalue weighted by atomic mass is 10.1. The lowest BCUT2D eigenvalue weighted by Gasteiger charge is -2.05. The smallest absolute Gasteiger partial charge is 0.308 e. The Morgan fingerprint density at radius 1 is 1.67 bits per heavy atom. The monoisotopic (exact) mass is 170 g/mol. The quantitative estimate of drug-likeness (QED) is 0.499. The van der Waals surface area contributed by atoms with Crippen LogP contribution in [-0.4, -0.2) is 24.3 Å². The van der Waals surface area contributed by atoms with Crippen molar-refractivity contribution in [1.82, 2.24) is 0 Å². The van der Waals surface area contributed by atoms with Gasteiger partial charge in [0.15, 0.2) is 0 Å². The first-order valence-electron chi connectivity index (χ1n) is 3.85. The highest BCUT2D eigenvalue weighted by atomic mass is 16.5. The molecule has 1 unspecified atom stereocenters. The molecule has 0 saturated carbocycles. The maximum atomic E-state index is 10.6. The molecule has 0 saturated heterocycles. The SMILES string of the molecule is CC#CCCC(O)CC(=O)OC. The van der Waals surface area contributed by atoms with Crippen molar-refractivity contribution in [2.24, 2.45) is 0 Å². The molecule has 0 bridgehead atoms. The molecule has 0 amide bonds. The van der Waals surface area contributed by atoms with E-state index in [0.717, 1.165) is 0 Å². The molecule has 0 aliphatic rings. The van der Waals surface area contributed by atoms with E-state index >= 15 is 0 Å². The van der Waals surface area contributed by atoms with Crippen LogP contribution >= 0.6 is 0 Å². The summed E-state index contributed by atoms with van der Waals surface area (Å²) < 4.78 is 4.39. The summed E-state index contributed by atoms with van der Waals surface area (Å²) in [5.74, 6) is 5.14. The van der Waals surface area contributed by atoms with Gasteiger partial charge in [-0.05, 0) is 13.3 Å². The van der Waals surface area contributed by atoms with E-state index in [1.165, 1.54) is 7.11 Å². The predicted molar refractivity (Wildman–Crippen MR) is 45.3 cm³/mol. The number of hydrogen-bond donors (Lipinski definition) is 1. The van der Waals surface area contributed by atoms with E-state index in [1.54, 1.807) is 6.92 Å². The minimum absolute atomic E-state index is 0.0574. The van der Waals surface area contributed by atoms with Crippen LogP contribution in [0.15, 0.2) is 0 Å². The van der Waals surface area contributed by atoms with Crippen LogP contribution in [0, 0.1) is 11.8 Å². The molecule has 0 aliphatic carbocycles. The van der Waals surface area contributed by atoms with Gasteiger partial charge in [0.2, 0.25) is 0 Å². The summed E-state index contributed by atoms with van der Waals surface area (Å²) in [4.78, 5) is 10.6. The van der Waals surface area contributed by atoms with Crippen LogP contribution in [0.1, 0.15) is 26.2 Å². The topological polar surface area (TPSA) is 46.5 Å². The highest BCUT2D eigenvalue weighted by Crippen LogP contribution is 2.01. The van der Waals surface area contributed by atoms with Gasteiger partial charge in [-0.1, -0.05) is 0 Å². The summed E-state index contributed by atoms with van der Waals surface area (Å²) in [7, 11) is 1.31. The third-order valence-corrected chi connectivity index (χ3v) is 1.41. The Hall–Kier alpha value is -1.01. The number of hydrogen-bond acceptors (Lipinski definition) is 3. The van der Waals surface area contributed by atoms with E-state index in [4.69, 9.17) is 0 Å². The van der Waals surface area contributed by atoms with Crippen LogP contribution < -0.4 is 0 Å².